The van der Waals surface area contributed by atoms with Crippen molar-refractivity contribution in [1.29, 1.82) is 0 Å². The minimum atomic E-state index is -1.20. The molecule has 5 nitrogen and oxygen atoms in total. The molecule has 0 aliphatic heterocycles. The Hall–Kier alpha value is -1.88. The van der Waals surface area contributed by atoms with Gasteiger partial charge in [0, 0.05) is 0 Å². The number of aliphatic carboxylic acids is 1. The fraction of sp³-hybridized carbons (Fsp3) is 0.333. The summed E-state index contributed by atoms with van der Waals surface area (Å²) in [5.74, 6) is -2.93. The number of hydrogen-bond donors (Lipinski definition) is 2. The van der Waals surface area contributed by atoms with Crippen LogP contribution in [0.2, 0.25) is 0 Å². The van der Waals surface area contributed by atoms with Crippen molar-refractivity contribution in [2.24, 2.45) is 5.92 Å². The normalized spacial score (nSPS) is 11.8. The third-order valence-corrected chi connectivity index (χ3v) is 2.23. The Morgan fingerprint density at radius 2 is 1.88 bits per heavy atom. The van der Waals surface area contributed by atoms with E-state index in [1.807, 2.05) is 18.2 Å². The van der Waals surface area contributed by atoms with Crippen molar-refractivity contribution >= 4 is 11.9 Å². The lowest BCUT2D eigenvalue weighted by molar-refractivity contribution is -0.153. The molecule has 0 bridgehead atoms. The first kappa shape index (κ1) is 13.2. The maximum absolute atomic E-state index is 11.3. The van der Waals surface area contributed by atoms with E-state index in [9.17, 15) is 9.59 Å². The van der Waals surface area contributed by atoms with Crippen LogP contribution in [0.3, 0.4) is 0 Å². The largest absolute Gasteiger partial charge is 0.481 e. The van der Waals surface area contributed by atoms with Crippen LogP contribution in [-0.4, -0.2) is 28.8 Å². The van der Waals surface area contributed by atoms with E-state index in [2.05, 4.69) is 0 Å². The van der Waals surface area contributed by atoms with Crippen molar-refractivity contribution < 1.29 is 24.5 Å². The van der Waals surface area contributed by atoms with E-state index < -0.39 is 24.5 Å². The van der Waals surface area contributed by atoms with Crippen molar-refractivity contribution in [2.45, 2.75) is 13.0 Å². The van der Waals surface area contributed by atoms with Gasteiger partial charge in [0.15, 0.2) is 0 Å². The van der Waals surface area contributed by atoms with Crippen molar-refractivity contribution in [3.05, 3.63) is 35.9 Å². The summed E-state index contributed by atoms with van der Waals surface area (Å²) in [5.41, 5.74) is 0.830. The van der Waals surface area contributed by atoms with Crippen LogP contribution in [0, 0.1) is 5.92 Å². The van der Waals surface area contributed by atoms with Crippen LogP contribution in [0.4, 0.5) is 0 Å². The van der Waals surface area contributed by atoms with E-state index >= 15 is 0 Å². The third-order valence-electron chi connectivity index (χ3n) is 2.23. The van der Waals surface area contributed by atoms with E-state index in [-0.39, 0.29) is 13.0 Å². The van der Waals surface area contributed by atoms with Crippen molar-refractivity contribution in [3.8, 4) is 0 Å². The maximum atomic E-state index is 11.3. The molecule has 5 heteroatoms. The van der Waals surface area contributed by atoms with Crippen LogP contribution < -0.4 is 0 Å². The number of rotatable bonds is 6. The molecule has 92 valence electrons. The molecule has 0 aromatic heterocycles. The summed E-state index contributed by atoms with van der Waals surface area (Å²) in [4.78, 5) is 21.9. The SMILES string of the molecule is O=C(C[C@H](CO)C(=O)O)OCc1ccccc1. The number of benzene rings is 1. The Morgan fingerprint density at radius 3 is 2.41 bits per heavy atom. The summed E-state index contributed by atoms with van der Waals surface area (Å²) in [6, 6.07) is 9.08. The molecule has 0 spiro atoms. The van der Waals surface area contributed by atoms with Gasteiger partial charge in [-0.15, -0.1) is 0 Å². The zero-order valence-electron chi connectivity index (χ0n) is 9.20. The van der Waals surface area contributed by atoms with E-state index in [1.54, 1.807) is 12.1 Å². The average Bonchev–Trinajstić information content (AvgIpc) is 2.34. The molecular formula is C12H14O5. The van der Waals surface area contributed by atoms with Gasteiger partial charge in [0.05, 0.1) is 18.9 Å². The monoisotopic (exact) mass is 238 g/mol. The lowest BCUT2D eigenvalue weighted by atomic mass is 10.1. The predicted octanol–water partition coefficient (Wildman–Crippen LogP) is 0.813. The molecule has 0 fully saturated rings. The topological polar surface area (TPSA) is 83.8 Å². The minimum Gasteiger partial charge on any atom is -0.481 e. The summed E-state index contributed by atoms with van der Waals surface area (Å²) in [6.07, 6.45) is -0.321. The van der Waals surface area contributed by atoms with Gasteiger partial charge in [-0.05, 0) is 5.56 Å². The number of ether oxygens (including phenoxy) is 1. The van der Waals surface area contributed by atoms with E-state index in [1.165, 1.54) is 0 Å². The quantitative estimate of drug-likeness (QED) is 0.716. The first-order valence-electron chi connectivity index (χ1n) is 5.16. The van der Waals surface area contributed by atoms with Gasteiger partial charge < -0.3 is 14.9 Å². The number of aliphatic hydroxyl groups is 1. The number of aliphatic hydroxyl groups excluding tert-OH is 1. The van der Waals surface area contributed by atoms with Gasteiger partial charge in [-0.25, -0.2) is 0 Å². The molecule has 0 aliphatic rings. The van der Waals surface area contributed by atoms with Crippen molar-refractivity contribution in [1.82, 2.24) is 0 Å². The highest BCUT2D eigenvalue weighted by molar-refractivity contribution is 5.78. The average molecular weight is 238 g/mol. The van der Waals surface area contributed by atoms with Crippen molar-refractivity contribution in [3.63, 3.8) is 0 Å². The molecule has 2 N–H and O–H groups in total. The van der Waals surface area contributed by atoms with Crippen LogP contribution in [0.25, 0.3) is 0 Å². The van der Waals surface area contributed by atoms with Gasteiger partial charge in [-0.3, -0.25) is 9.59 Å². The van der Waals surface area contributed by atoms with Gasteiger partial charge in [0.25, 0.3) is 0 Å². The van der Waals surface area contributed by atoms with Crippen LogP contribution >= 0.6 is 0 Å². The number of carboxylic acids is 1. The van der Waals surface area contributed by atoms with Gasteiger partial charge in [-0.1, -0.05) is 30.3 Å². The second kappa shape index (κ2) is 6.65. The molecule has 17 heavy (non-hydrogen) atoms. The molecule has 0 saturated heterocycles. The molecule has 1 aromatic carbocycles. The van der Waals surface area contributed by atoms with Crippen LogP contribution in [0.15, 0.2) is 30.3 Å². The zero-order valence-corrected chi connectivity index (χ0v) is 9.20. The second-order valence-electron chi connectivity index (χ2n) is 3.57. The summed E-state index contributed by atoms with van der Waals surface area (Å²) in [7, 11) is 0. The molecule has 1 atom stereocenters. The van der Waals surface area contributed by atoms with E-state index in [0.717, 1.165) is 5.56 Å². The van der Waals surface area contributed by atoms with Gasteiger partial charge in [0.1, 0.15) is 6.61 Å². The molecule has 1 rings (SSSR count). The minimum absolute atomic E-state index is 0.109. The Kier molecular flexibility index (Phi) is 5.16. The van der Waals surface area contributed by atoms with Crippen molar-refractivity contribution in [2.75, 3.05) is 6.61 Å². The lowest BCUT2D eigenvalue weighted by Crippen LogP contribution is -2.22. The summed E-state index contributed by atoms with van der Waals surface area (Å²) in [5, 5.41) is 17.4. The highest BCUT2D eigenvalue weighted by atomic mass is 16.5. The van der Waals surface area contributed by atoms with Crippen LogP contribution in [0.5, 0.6) is 0 Å². The second-order valence-corrected chi connectivity index (χ2v) is 3.57. The molecule has 1 aromatic rings. The van der Waals surface area contributed by atoms with Gasteiger partial charge >= 0.3 is 11.9 Å². The maximum Gasteiger partial charge on any atom is 0.309 e. The van der Waals surface area contributed by atoms with Crippen LogP contribution in [-0.2, 0) is 20.9 Å². The van der Waals surface area contributed by atoms with Crippen LogP contribution in [0.1, 0.15) is 12.0 Å². The standard InChI is InChI=1S/C12H14O5/c13-7-10(12(15)16)6-11(14)17-8-9-4-2-1-3-5-9/h1-5,10,13H,6-8H2,(H,15,16)/t10-/m1/s1. The molecule has 0 amide bonds. The van der Waals surface area contributed by atoms with Gasteiger partial charge in [-0.2, -0.15) is 0 Å². The fourth-order valence-electron chi connectivity index (χ4n) is 1.23. The van der Waals surface area contributed by atoms with E-state index in [4.69, 9.17) is 14.9 Å². The smallest absolute Gasteiger partial charge is 0.309 e. The zero-order chi connectivity index (χ0) is 12.7. The number of hydrogen-bond acceptors (Lipinski definition) is 4. The molecule has 0 unspecified atom stereocenters. The summed E-state index contributed by atoms with van der Waals surface area (Å²) >= 11 is 0. The summed E-state index contributed by atoms with van der Waals surface area (Å²) < 4.78 is 4.90. The Bertz CT molecular complexity index is 374. The highest BCUT2D eigenvalue weighted by Crippen LogP contribution is 2.06. The Balaban J connectivity index is 2.37. The molecule has 0 aliphatic carbocycles. The first-order chi connectivity index (χ1) is 8.13. The van der Waals surface area contributed by atoms with E-state index in [0.29, 0.717) is 0 Å². The fourth-order valence-corrected chi connectivity index (χ4v) is 1.23. The summed E-state index contributed by atoms with van der Waals surface area (Å²) in [6.45, 7) is -0.465. The molecular weight excluding hydrogens is 224 g/mol. The number of carbonyl (C=O) groups excluding carboxylic acids is 1. The van der Waals surface area contributed by atoms with Gasteiger partial charge in [0.2, 0.25) is 0 Å². The Labute approximate surface area is 98.6 Å². The lowest BCUT2D eigenvalue weighted by Gasteiger charge is -2.09. The third kappa shape index (κ3) is 4.65. The molecule has 0 saturated carbocycles. The predicted molar refractivity (Wildman–Crippen MR) is 59.1 cm³/mol. The molecule has 0 radical (unpaired) electrons. The molecule has 0 heterocycles. The Morgan fingerprint density at radius 1 is 1.24 bits per heavy atom. The number of carbonyl (C=O) groups is 2. The number of carboxylic acid groups (broad SMARTS) is 1. The number of esters is 1. The highest BCUT2D eigenvalue weighted by Gasteiger charge is 2.21. The first-order valence-corrected chi connectivity index (χ1v) is 5.16.